The maximum atomic E-state index is 13.2. The lowest BCUT2D eigenvalue weighted by molar-refractivity contribution is -0.112. The number of halogens is 1. The van der Waals surface area contributed by atoms with Gasteiger partial charge in [0.05, 0.1) is 12.2 Å². The van der Waals surface area contributed by atoms with Crippen LogP contribution in [0.5, 0.6) is 0 Å². The highest BCUT2D eigenvalue weighted by molar-refractivity contribution is 6.09. The van der Waals surface area contributed by atoms with Gasteiger partial charge >= 0.3 is 5.97 Å². The van der Waals surface area contributed by atoms with Crippen molar-refractivity contribution in [2.24, 2.45) is 0 Å². The molecule has 0 aliphatic carbocycles. The maximum Gasteiger partial charge on any atom is 0.338 e. The summed E-state index contributed by atoms with van der Waals surface area (Å²) in [5.41, 5.74) is 1.18. The summed E-state index contributed by atoms with van der Waals surface area (Å²) in [6, 6.07) is 17.1. The topological polar surface area (TPSA) is 92.3 Å². The van der Waals surface area contributed by atoms with Gasteiger partial charge in [-0.3, -0.25) is 4.79 Å². The van der Waals surface area contributed by atoms with E-state index in [1.165, 1.54) is 24.3 Å². The molecule has 0 aliphatic heterocycles. The molecule has 0 atom stereocenters. The molecule has 1 heterocycles. The second kappa shape index (κ2) is 9.34. The third-order valence-corrected chi connectivity index (χ3v) is 4.04. The number of anilines is 1. The molecule has 0 unspecified atom stereocenters. The Morgan fingerprint density at radius 3 is 2.60 bits per heavy atom. The van der Waals surface area contributed by atoms with Crippen LogP contribution in [-0.2, 0) is 9.53 Å². The minimum Gasteiger partial charge on any atom is -0.462 e. The Hall–Kier alpha value is -4.18. The molecule has 0 saturated heterocycles. The number of carbonyl (C=O) groups is 2. The number of carbonyl (C=O) groups excluding carboxylic acids is 2. The van der Waals surface area contributed by atoms with E-state index in [0.717, 1.165) is 6.07 Å². The van der Waals surface area contributed by atoms with Crippen LogP contribution in [0.25, 0.3) is 17.4 Å². The third kappa shape index (κ3) is 5.00. The summed E-state index contributed by atoms with van der Waals surface area (Å²) >= 11 is 0. The van der Waals surface area contributed by atoms with Crippen LogP contribution in [-0.4, -0.2) is 18.5 Å². The number of hydrogen-bond acceptors (Lipinski definition) is 5. The first kappa shape index (κ1) is 20.6. The summed E-state index contributed by atoms with van der Waals surface area (Å²) in [7, 11) is 0. The Labute approximate surface area is 172 Å². The van der Waals surface area contributed by atoms with Crippen molar-refractivity contribution < 1.29 is 23.1 Å². The van der Waals surface area contributed by atoms with Crippen molar-refractivity contribution in [3.8, 4) is 17.4 Å². The van der Waals surface area contributed by atoms with E-state index >= 15 is 0 Å². The van der Waals surface area contributed by atoms with Gasteiger partial charge < -0.3 is 14.5 Å². The predicted molar refractivity (Wildman–Crippen MR) is 109 cm³/mol. The molecule has 0 spiro atoms. The average Bonchev–Trinajstić information content (AvgIpc) is 3.21. The van der Waals surface area contributed by atoms with Crippen LogP contribution in [0.3, 0.4) is 0 Å². The van der Waals surface area contributed by atoms with Gasteiger partial charge in [-0.2, -0.15) is 5.26 Å². The Balaban J connectivity index is 1.75. The van der Waals surface area contributed by atoms with Gasteiger partial charge in [-0.25, -0.2) is 9.18 Å². The molecule has 150 valence electrons. The van der Waals surface area contributed by atoms with E-state index in [2.05, 4.69) is 5.32 Å². The molecule has 0 radical (unpaired) electrons. The Morgan fingerprint density at radius 1 is 1.17 bits per heavy atom. The normalized spacial score (nSPS) is 10.9. The summed E-state index contributed by atoms with van der Waals surface area (Å²) in [6.07, 6.45) is 1.30. The molecule has 2 aromatic carbocycles. The molecule has 1 N–H and O–H groups in total. The molecule has 0 saturated carbocycles. The SMILES string of the molecule is CCOC(=O)c1ccc(-c2ccc(C=C(C#N)C(=O)Nc3cccc(F)c3)o2)cc1. The number of ether oxygens (including phenoxy) is 1. The van der Waals surface area contributed by atoms with Crippen molar-refractivity contribution in [1.82, 2.24) is 0 Å². The van der Waals surface area contributed by atoms with Crippen LogP contribution in [0.4, 0.5) is 10.1 Å². The molecule has 3 rings (SSSR count). The number of amides is 1. The summed E-state index contributed by atoms with van der Waals surface area (Å²) in [5, 5.41) is 11.8. The minimum absolute atomic E-state index is 0.196. The first-order valence-electron chi connectivity index (χ1n) is 9.06. The Kier molecular flexibility index (Phi) is 6.40. The molecule has 30 heavy (non-hydrogen) atoms. The summed E-state index contributed by atoms with van der Waals surface area (Å²) < 4.78 is 23.9. The van der Waals surface area contributed by atoms with Crippen LogP contribution in [0, 0.1) is 17.1 Å². The molecule has 7 heteroatoms. The smallest absolute Gasteiger partial charge is 0.338 e. The zero-order valence-electron chi connectivity index (χ0n) is 16.0. The molecular weight excluding hydrogens is 387 g/mol. The highest BCUT2D eigenvalue weighted by Crippen LogP contribution is 2.24. The van der Waals surface area contributed by atoms with Crippen LogP contribution in [0.1, 0.15) is 23.0 Å². The fourth-order valence-electron chi connectivity index (χ4n) is 2.63. The predicted octanol–water partition coefficient (Wildman–Crippen LogP) is 4.81. The second-order valence-electron chi connectivity index (χ2n) is 6.13. The van der Waals surface area contributed by atoms with E-state index in [-0.39, 0.29) is 11.3 Å². The molecule has 0 fully saturated rings. The van der Waals surface area contributed by atoms with Gasteiger partial charge in [0.15, 0.2) is 0 Å². The first-order chi connectivity index (χ1) is 14.5. The van der Waals surface area contributed by atoms with Gasteiger partial charge in [0, 0.05) is 17.3 Å². The summed E-state index contributed by atoms with van der Waals surface area (Å²) in [6.45, 7) is 2.03. The highest BCUT2D eigenvalue weighted by atomic mass is 19.1. The molecule has 1 aromatic heterocycles. The minimum atomic E-state index is -0.681. The number of nitrogens with one attached hydrogen (secondary N) is 1. The molecule has 1 amide bonds. The molecule has 0 aliphatic rings. The van der Waals surface area contributed by atoms with Crippen molar-refractivity contribution in [3.05, 3.63) is 83.4 Å². The van der Waals surface area contributed by atoms with Gasteiger partial charge in [0.1, 0.15) is 29.0 Å². The van der Waals surface area contributed by atoms with E-state index in [0.29, 0.717) is 29.3 Å². The molecule has 3 aromatic rings. The zero-order valence-corrected chi connectivity index (χ0v) is 16.0. The van der Waals surface area contributed by atoms with Crippen molar-refractivity contribution in [2.75, 3.05) is 11.9 Å². The average molecular weight is 404 g/mol. The fraction of sp³-hybridized carbons (Fsp3) is 0.0870. The van der Waals surface area contributed by atoms with Crippen molar-refractivity contribution in [1.29, 1.82) is 5.26 Å². The number of nitriles is 1. The Bertz CT molecular complexity index is 1140. The van der Waals surface area contributed by atoms with Crippen LogP contribution < -0.4 is 5.32 Å². The van der Waals surface area contributed by atoms with Crippen molar-refractivity contribution in [2.45, 2.75) is 6.92 Å². The highest BCUT2D eigenvalue weighted by Gasteiger charge is 2.12. The van der Waals surface area contributed by atoms with E-state index in [1.54, 1.807) is 43.3 Å². The monoisotopic (exact) mass is 404 g/mol. The van der Waals surface area contributed by atoms with Crippen molar-refractivity contribution >= 4 is 23.6 Å². The number of esters is 1. The molecular formula is C23H17FN2O4. The Morgan fingerprint density at radius 2 is 1.93 bits per heavy atom. The lowest BCUT2D eigenvalue weighted by atomic mass is 10.1. The lowest BCUT2D eigenvalue weighted by Crippen LogP contribution is -2.13. The number of nitrogens with zero attached hydrogens (tertiary/aromatic N) is 1. The first-order valence-corrected chi connectivity index (χ1v) is 9.06. The standard InChI is InChI=1S/C23H17FN2O4/c1-2-29-23(28)16-8-6-15(7-9-16)21-11-10-20(30-21)12-17(14-25)22(27)26-19-5-3-4-18(24)13-19/h3-13H,2H2,1H3,(H,26,27). The number of furan rings is 1. The fourth-order valence-corrected chi connectivity index (χ4v) is 2.63. The van der Waals surface area contributed by atoms with Crippen molar-refractivity contribution in [3.63, 3.8) is 0 Å². The van der Waals surface area contributed by atoms with Gasteiger partial charge in [-0.05, 0) is 49.4 Å². The molecule has 0 bridgehead atoms. The maximum absolute atomic E-state index is 13.2. The van der Waals surface area contributed by atoms with E-state index in [9.17, 15) is 19.2 Å². The number of hydrogen-bond donors (Lipinski definition) is 1. The van der Waals surface area contributed by atoms with Crippen LogP contribution in [0.2, 0.25) is 0 Å². The van der Waals surface area contributed by atoms with Gasteiger partial charge in [0.2, 0.25) is 0 Å². The number of rotatable bonds is 6. The van der Waals surface area contributed by atoms with E-state index < -0.39 is 17.7 Å². The summed E-state index contributed by atoms with van der Waals surface area (Å²) in [5.74, 6) is -0.792. The number of benzene rings is 2. The van der Waals surface area contributed by atoms with Crippen LogP contribution in [0.15, 0.2) is 70.7 Å². The van der Waals surface area contributed by atoms with E-state index in [1.807, 2.05) is 6.07 Å². The lowest BCUT2D eigenvalue weighted by Gasteiger charge is -2.04. The quantitative estimate of drug-likeness (QED) is 0.362. The van der Waals surface area contributed by atoms with Gasteiger partial charge in [-0.15, -0.1) is 0 Å². The largest absolute Gasteiger partial charge is 0.462 e. The van der Waals surface area contributed by atoms with Gasteiger partial charge in [0.25, 0.3) is 5.91 Å². The van der Waals surface area contributed by atoms with Gasteiger partial charge in [-0.1, -0.05) is 18.2 Å². The second-order valence-corrected chi connectivity index (χ2v) is 6.13. The van der Waals surface area contributed by atoms with E-state index in [4.69, 9.17) is 9.15 Å². The third-order valence-electron chi connectivity index (χ3n) is 4.04. The van der Waals surface area contributed by atoms with Crippen LogP contribution >= 0.6 is 0 Å². The summed E-state index contributed by atoms with van der Waals surface area (Å²) in [4.78, 5) is 24.0. The zero-order chi connectivity index (χ0) is 21.5. The molecule has 6 nitrogen and oxygen atoms in total.